The molecular formula is C10H17N5O. The molecule has 1 amide bonds. The summed E-state index contributed by atoms with van der Waals surface area (Å²) in [5, 5.41) is 12.8. The van der Waals surface area contributed by atoms with Crippen molar-refractivity contribution in [3.8, 4) is 0 Å². The lowest BCUT2D eigenvalue weighted by atomic mass is 10.00. The van der Waals surface area contributed by atoms with Gasteiger partial charge in [0, 0.05) is 12.1 Å². The minimum absolute atomic E-state index is 0.167. The third-order valence-electron chi connectivity index (χ3n) is 2.88. The highest BCUT2D eigenvalue weighted by Crippen LogP contribution is 2.08. The third-order valence-corrected chi connectivity index (χ3v) is 2.88. The number of nitrogens with one attached hydrogen (secondary N) is 3. The number of carbonyl (C=O) groups excluding carboxylic acids is 1. The molecule has 2 unspecified atom stereocenters. The van der Waals surface area contributed by atoms with Crippen LogP contribution in [0.1, 0.15) is 36.2 Å². The van der Waals surface area contributed by atoms with E-state index in [0.717, 1.165) is 19.4 Å². The van der Waals surface area contributed by atoms with Crippen LogP contribution in [0.25, 0.3) is 0 Å². The maximum absolute atomic E-state index is 11.8. The maximum Gasteiger partial charge on any atom is 0.291 e. The first-order chi connectivity index (χ1) is 7.66. The molecule has 88 valence electrons. The van der Waals surface area contributed by atoms with Gasteiger partial charge in [-0.25, -0.2) is 4.98 Å². The molecule has 2 rings (SSSR count). The highest BCUT2D eigenvalue weighted by molar-refractivity contribution is 5.90. The molecule has 2 heterocycles. The second kappa shape index (κ2) is 4.61. The number of nitrogens with zero attached hydrogens (tertiary/aromatic N) is 2. The van der Waals surface area contributed by atoms with E-state index >= 15 is 0 Å². The first-order valence-electron chi connectivity index (χ1n) is 5.60. The number of hydrogen-bond acceptors (Lipinski definition) is 4. The van der Waals surface area contributed by atoms with E-state index in [2.05, 4.69) is 32.7 Å². The molecule has 3 N–H and O–H groups in total. The zero-order chi connectivity index (χ0) is 11.5. The van der Waals surface area contributed by atoms with Crippen LogP contribution in [0.4, 0.5) is 0 Å². The van der Waals surface area contributed by atoms with Crippen LogP contribution in [0.5, 0.6) is 0 Å². The number of amides is 1. The number of aryl methyl sites for hydroxylation is 1. The van der Waals surface area contributed by atoms with Crippen molar-refractivity contribution >= 4 is 5.91 Å². The van der Waals surface area contributed by atoms with Crippen molar-refractivity contribution in [1.82, 2.24) is 25.8 Å². The van der Waals surface area contributed by atoms with Crippen LogP contribution < -0.4 is 10.6 Å². The van der Waals surface area contributed by atoms with Crippen LogP contribution in [-0.4, -0.2) is 39.7 Å². The fourth-order valence-corrected chi connectivity index (χ4v) is 1.92. The predicted octanol–water partition coefficient (Wildman–Crippen LogP) is -0.0166. The summed E-state index contributed by atoms with van der Waals surface area (Å²) in [6.07, 6.45) is 2.09. The van der Waals surface area contributed by atoms with Crippen LogP contribution in [0.3, 0.4) is 0 Å². The number of rotatable bonds is 2. The maximum atomic E-state index is 11.8. The first kappa shape index (κ1) is 11.1. The monoisotopic (exact) mass is 223 g/mol. The molecule has 0 aromatic carbocycles. The zero-order valence-corrected chi connectivity index (χ0v) is 9.58. The van der Waals surface area contributed by atoms with Crippen molar-refractivity contribution in [2.24, 2.45) is 0 Å². The molecule has 0 radical (unpaired) electrons. The van der Waals surface area contributed by atoms with E-state index in [1.165, 1.54) is 0 Å². The Hall–Kier alpha value is -1.43. The van der Waals surface area contributed by atoms with E-state index in [4.69, 9.17) is 0 Å². The van der Waals surface area contributed by atoms with Crippen LogP contribution >= 0.6 is 0 Å². The molecule has 0 aliphatic carbocycles. The number of carbonyl (C=O) groups is 1. The molecule has 0 saturated carbocycles. The van der Waals surface area contributed by atoms with E-state index < -0.39 is 0 Å². The topological polar surface area (TPSA) is 82.7 Å². The molecule has 0 spiro atoms. The van der Waals surface area contributed by atoms with Gasteiger partial charge in [0.05, 0.1) is 0 Å². The summed E-state index contributed by atoms with van der Waals surface area (Å²) in [6, 6.07) is 0.470. The van der Waals surface area contributed by atoms with E-state index in [1.54, 1.807) is 6.92 Å². The van der Waals surface area contributed by atoms with Crippen LogP contribution in [-0.2, 0) is 0 Å². The molecular weight excluding hydrogens is 206 g/mol. The lowest BCUT2D eigenvalue weighted by Crippen LogP contribution is -2.52. The van der Waals surface area contributed by atoms with Crippen LogP contribution in [0.2, 0.25) is 0 Å². The second-order valence-corrected chi connectivity index (χ2v) is 4.21. The lowest BCUT2D eigenvalue weighted by Gasteiger charge is -2.30. The number of aromatic nitrogens is 3. The third kappa shape index (κ3) is 2.38. The highest BCUT2D eigenvalue weighted by Gasteiger charge is 2.24. The molecule has 1 aliphatic heterocycles. The summed E-state index contributed by atoms with van der Waals surface area (Å²) in [5.74, 6) is 0.667. The van der Waals surface area contributed by atoms with Gasteiger partial charge in [0.25, 0.3) is 5.91 Å². The SMILES string of the molecule is Cc1nc(C(=O)NC2CCCNC2C)n[nH]1. The molecule has 6 heteroatoms. The molecule has 1 aliphatic rings. The Morgan fingerprint density at radius 1 is 1.56 bits per heavy atom. The van der Waals surface area contributed by atoms with Gasteiger partial charge in [0.1, 0.15) is 5.82 Å². The number of hydrogen-bond donors (Lipinski definition) is 3. The molecule has 2 atom stereocenters. The minimum atomic E-state index is -0.204. The summed E-state index contributed by atoms with van der Waals surface area (Å²) < 4.78 is 0. The Balaban J connectivity index is 1.96. The molecule has 6 nitrogen and oxygen atoms in total. The summed E-state index contributed by atoms with van der Waals surface area (Å²) in [7, 11) is 0. The van der Waals surface area contributed by atoms with Crippen molar-refractivity contribution in [3.63, 3.8) is 0 Å². The Morgan fingerprint density at radius 2 is 2.38 bits per heavy atom. The van der Waals surface area contributed by atoms with Gasteiger partial charge in [-0.15, -0.1) is 5.10 Å². The normalized spacial score (nSPS) is 25.4. The van der Waals surface area contributed by atoms with Gasteiger partial charge in [-0.2, -0.15) is 0 Å². The van der Waals surface area contributed by atoms with Gasteiger partial charge in [-0.3, -0.25) is 9.89 Å². The summed E-state index contributed by atoms with van der Waals surface area (Å²) in [5.41, 5.74) is 0. The average Bonchev–Trinajstić information content (AvgIpc) is 2.68. The van der Waals surface area contributed by atoms with Gasteiger partial charge >= 0.3 is 0 Å². The zero-order valence-electron chi connectivity index (χ0n) is 9.58. The van der Waals surface area contributed by atoms with Crippen molar-refractivity contribution < 1.29 is 4.79 Å². The predicted molar refractivity (Wildman–Crippen MR) is 59.1 cm³/mol. The molecule has 0 bridgehead atoms. The quantitative estimate of drug-likeness (QED) is 0.658. The van der Waals surface area contributed by atoms with Gasteiger partial charge in [-0.1, -0.05) is 0 Å². The van der Waals surface area contributed by atoms with Gasteiger partial charge in [0.15, 0.2) is 0 Å². The smallest absolute Gasteiger partial charge is 0.291 e. The molecule has 1 saturated heterocycles. The highest BCUT2D eigenvalue weighted by atomic mass is 16.2. The molecule has 16 heavy (non-hydrogen) atoms. The molecule has 1 aromatic rings. The standard InChI is InChI=1S/C10H17N5O/c1-6-8(4-3-5-11-6)13-10(16)9-12-7(2)14-15-9/h6,8,11H,3-5H2,1-2H3,(H,13,16)(H,12,14,15). The molecule has 1 fully saturated rings. The van der Waals surface area contributed by atoms with Gasteiger partial charge in [-0.05, 0) is 33.2 Å². The summed E-state index contributed by atoms with van der Waals surface area (Å²) in [4.78, 5) is 15.8. The number of H-pyrrole nitrogens is 1. The lowest BCUT2D eigenvalue weighted by molar-refractivity contribution is 0.0909. The minimum Gasteiger partial charge on any atom is -0.345 e. The van der Waals surface area contributed by atoms with Crippen molar-refractivity contribution in [3.05, 3.63) is 11.6 Å². The van der Waals surface area contributed by atoms with Crippen molar-refractivity contribution in [1.29, 1.82) is 0 Å². The van der Waals surface area contributed by atoms with Crippen molar-refractivity contribution in [2.45, 2.75) is 38.8 Å². The van der Waals surface area contributed by atoms with E-state index in [1.807, 2.05) is 0 Å². The fourth-order valence-electron chi connectivity index (χ4n) is 1.92. The van der Waals surface area contributed by atoms with E-state index in [0.29, 0.717) is 11.9 Å². The Morgan fingerprint density at radius 3 is 3.00 bits per heavy atom. The Bertz CT molecular complexity index is 375. The van der Waals surface area contributed by atoms with Crippen LogP contribution in [0, 0.1) is 6.92 Å². The average molecular weight is 223 g/mol. The number of piperidine rings is 1. The van der Waals surface area contributed by atoms with Gasteiger partial charge < -0.3 is 10.6 Å². The summed E-state index contributed by atoms with van der Waals surface area (Å²) >= 11 is 0. The van der Waals surface area contributed by atoms with Crippen LogP contribution in [0.15, 0.2) is 0 Å². The van der Waals surface area contributed by atoms with E-state index in [-0.39, 0.29) is 17.8 Å². The Labute approximate surface area is 94.2 Å². The largest absolute Gasteiger partial charge is 0.345 e. The van der Waals surface area contributed by atoms with Crippen molar-refractivity contribution in [2.75, 3.05) is 6.54 Å². The number of aromatic amines is 1. The first-order valence-corrected chi connectivity index (χ1v) is 5.60. The molecule has 1 aromatic heterocycles. The second-order valence-electron chi connectivity index (χ2n) is 4.21. The Kier molecular flexibility index (Phi) is 3.19. The van der Waals surface area contributed by atoms with Gasteiger partial charge in [0.2, 0.25) is 5.82 Å². The summed E-state index contributed by atoms with van der Waals surface area (Å²) in [6.45, 7) is 4.87. The van der Waals surface area contributed by atoms with E-state index in [9.17, 15) is 4.79 Å². The fraction of sp³-hybridized carbons (Fsp3) is 0.700.